The summed E-state index contributed by atoms with van der Waals surface area (Å²) < 4.78 is 0. The zero-order valence-electron chi connectivity index (χ0n) is 10.6. The van der Waals surface area contributed by atoms with Crippen molar-refractivity contribution in [3.63, 3.8) is 0 Å². The molecule has 0 aromatic heterocycles. The molecule has 0 fully saturated rings. The Labute approximate surface area is 116 Å². The number of carboxylic acid groups (broad SMARTS) is 1. The van der Waals surface area contributed by atoms with Gasteiger partial charge in [-0.05, 0) is 12.1 Å². The van der Waals surface area contributed by atoms with Gasteiger partial charge in [0.1, 0.15) is 5.57 Å². The topological polar surface area (TPSA) is 66.4 Å². The maximum Gasteiger partial charge on any atom is 0.341 e. The summed E-state index contributed by atoms with van der Waals surface area (Å²) in [7, 11) is 0. The molecule has 0 spiro atoms. The summed E-state index contributed by atoms with van der Waals surface area (Å²) in [6.07, 6.45) is 1.56. The van der Waals surface area contributed by atoms with E-state index in [0.717, 1.165) is 11.6 Å². The number of allylic oxidation sites excluding steroid dienone is 1. The van der Waals surface area contributed by atoms with Crippen LogP contribution in [0.5, 0.6) is 0 Å². The van der Waals surface area contributed by atoms with Crippen LogP contribution < -0.4 is 5.32 Å². The smallest absolute Gasteiger partial charge is 0.341 e. The van der Waals surface area contributed by atoms with Crippen LogP contribution in [0.1, 0.15) is 17.5 Å². The number of aliphatic carboxylic acids is 1. The molecule has 0 unspecified atom stereocenters. The number of amides is 1. The largest absolute Gasteiger partial charge is 0.477 e. The Morgan fingerprint density at radius 2 is 1.90 bits per heavy atom. The Morgan fingerprint density at radius 1 is 1.20 bits per heavy atom. The standard InChI is InChI=1S/C16H11NO3/c18-15-14(16(19)20)10-5-9-13-7-2-1-6-12(13)8-3-4-11-17-15/h1-2,6-7,10H,4,11H2,(H,17,18)(H,19,20)/b14-10+. The third-order valence-electron chi connectivity index (χ3n) is 2.58. The minimum Gasteiger partial charge on any atom is -0.477 e. The number of hydrogen-bond donors (Lipinski definition) is 2. The molecule has 0 saturated carbocycles. The summed E-state index contributed by atoms with van der Waals surface area (Å²) >= 11 is 0. The molecule has 1 aromatic carbocycles. The molecular weight excluding hydrogens is 254 g/mol. The minimum atomic E-state index is -1.30. The fourth-order valence-electron chi connectivity index (χ4n) is 1.60. The van der Waals surface area contributed by atoms with E-state index in [0.29, 0.717) is 18.5 Å². The van der Waals surface area contributed by atoms with Crippen LogP contribution in [0.4, 0.5) is 0 Å². The monoisotopic (exact) mass is 265 g/mol. The number of benzene rings is 1. The predicted molar refractivity (Wildman–Crippen MR) is 73.5 cm³/mol. The number of carboxylic acids is 1. The molecule has 0 radical (unpaired) electrons. The molecule has 0 aliphatic carbocycles. The van der Waals surface area contributed by atoms with Crippen molar-refractivity contribution in [2.45, 2.75) is 6.42 Å². The van der Waals surface area contributed by atoms with E-state index in [1.165, 1.54) is 0 Å². The van der Waals surface area contributed by atoms with Crippen LogP contribution in [0.25, 0.3) is 0 Å². The van der Waals surface area contributed by atoms with Crippen molar-refractivity contribution in [2.75, 3.05) is 6.54 Å². The van der Waals surface area contributed by atoms with Gasteiger partial charge in [0.2, 0.25) is 0 Å². The summed E-state index contributed by atoms with van der Waals surface area (Å²) in [5.41, 5.74) is 1.13. The van der Waals surface area contributed by atoms with Gasteiger partial charge >= 0.3 is 5.97 Å². The molecule has 4 heteroatoms. The maximum absolute atomic E-state index is 11.6. The Balaban J connectivity index is 2.47. The van der Waals surface area contributed by atoms with E-state index in [1.807, 2.05) is 18.2 Å². The number of carbonyl (C=O) groups excluding carboxylic acids is 1. The average Bonchev–Trinajstić information content (AvgIpc) is 2.42. The highest BCUT2D eigenvalue weighted by Gasteiger charge is 2.15. The third-order valence-corrected chi connectivity index (χ3v) is 2.58. The second kappa shape index (κ2) is 6.26. The van der Waals surface area contributed by atoms with Gasteiger partial charge in [-0.3, -0.25) is 4.79 Å². The molecule has 2 N–H and O–H groups in total. The quantitative estimate of drug-likeness (QED) is 0.586. The first-order valence-corrected chi connectivity index (χ1v) is 5.99. The first-order valence-electron chi connectivity index (χ1n) is 5.99. The lowest BCUT2D eigenvalue weighted by atomic mass is 10.1. The summed E-state index contributed by atoms with van der Waals surface area (Å²) in [5.74, 6) is 9.38. The van der Waals surface area contributed by atoms with Crippen LogP contribution in [-0.4, -0.2) is 23.5 Å². The number of fused-ring (bicyclic) bond motifs is 1. The number of nitrogens with one attached hydrogen (secondary N) is 1. The van der Waals surface area contributed by atoms with Gasteiger partial charge < -0.3 is 10.4 Å². The Bertz CT molecular complexity index is 708. The van der Waals surface area contributed by atoms with Crippen LogP contribution in [0.2, 0.25) is 0 Å². The Hall–Kier alpha value is -2.98. The summed E-state index contributed by atoms with van der Waals surface area (Å²) in [6.45, 7) is 0.298. The zero-order chi connectivity index (χ0) is 14.4. The molecule has 0 saturated heterocycles. The van der Waals surface area contributed by atoms with Crippen molar-refractivity contribution in [3.8, 4) is 23.7 Å². The van der Waals surface area contributed by atoms with Gasteiger partial charge in [0.25, 0.3) is 5.91 Å². The van der Waals surface area contributed by atoms with Crippen LogP contribution in [0, 0.1) is 23.7 Å². The molecule has 2 rings (SSSR count). The van der Waals surface area contributed by atoms with E-state index < -0.39 is 11.9 Å². The Morgan fingerprint density at radius 3 is 2.60 bits per heavy atom. The van der Waals surface area contributed by atoms with Gasteiger partial charge in [-0.15, -0.1) is 0 Å². The summed E-state index contributed by atoms with van der Waals surface area (Å²) in [5, 5.41) is 11.5. The predicted octanol–water partition coefficient (Wildman–Crippen LogP) is 0.920. The van der Waals surface area contributed by atoms with Gasteiger partial charge in [-0.25, -0.2) is 4.79 Å². The van der Waals surface area contributed by atoms with E-state index in [2.05, 4.69) is 29.0 Å². The lowest BCUT2D eigenvalue weighted by molar-refractivity contribution is -0.134. The molecule has 0 atom stereocenters. The molecule has 1 aliphatic heterocycles. The van der Waals surface area contributed by atoms with E-state index in [-0.39, 0.29) is 5.57 Å². The van der Waals surface area contributed by atoms with Crippen molar-refractivity contribution in [1.29, 1.82) is 0 Å². The van der Waals surface area contributed by atoms with Crippen LogP contribution in [-0.2, 0) is 9.59 Å². The maximum atomic E-state index is 11.6. The van der Waals surface area contributed by atoms with E-state index >= 15 is 0 Å². The van der Waals surface area contributed by atoms with Crippen LogP contribution in [0.15, 0.2) is 35.9 Å². The average molecular weight is 265 g/mol. The van der Waals surface area contributed by atoms with E-state index in [4.69, 9.17) is 5.11 Å². The molecule has 4 nitrogen and oxygen atoms in total. The van der Waals surface area contributed by atoms with E-state index in [9.17, 15) is 9.59 Å². The fraction of sp³-hybridized carbons (Fsp3) is 0.125. The summed E-state index contributed by atoms with van der Waals surface area (Å²) in [4.78, 5) is 22.6. The second-order valence-electron chi connectivity index (χ2n) is 3.99. The zero-order valence-corrected chi connectivity index (χ0v) is 10.6. The van der Waals surface area contributed by atoms with Crippen molar-refractivity contribution >= 4 is 11.9 Å². The second-order valence-corrected chi connectivity index (χ2v) is 3.99. The van der Waals surface area contributed by atoms with Crippen LogP contribution in [0.3, 0.4) is 0 Å². The highest BCUT2D eigenvalue weighted by atomic mass is 16.4. The fourth-order valence-corrected chi connectivity index (χ4v) is 1.60. The number of carbonyl (C=O) groups is 2. The lowest BCUT2D eigenvalue weighted by Gasteiger charge is -2.03. The lowest BCUT2D eigenvalue weighted by Crippen LogP contribution is -2.29. The molecule has 1 aliphatic rings. The third kappa shape index (κ3) is 3.28. The highest BCUT2D eigenvalue weighted by Crippen LogP contribution is 2.06. The molecular formula is C16H11NO3. The molecule has 0 bridgehead atoms. The van der Waals surface area contributed by atoms with Gasteiger partial charge in [0, 0.05) is 30.2 Å². The van der Waals surface area contributed by atoms with Crippen molar-refractivity contribution in [2.24, 2.45) is 0 Å². The normalized spacial score (nSPS) is 16.4. The molecule has 20 heavy (non-hydrogen) atoms. The van der Waals surface area contributed by atoms with Gasteiger partial charge in [-0.2, -0.15) is 0 Å². The first kappa shape index (κ1) is 13.5. The van der Waals surface area contributed by atoms with Gasteiger partial charge in [0.05, 0.1) is 0 Å². The van der Waals surface area contributed by atoms with Crippen molar-refractivity contribution in [1.82, 2.24) is 5.32 Å². The Kier molecular flexibility index (Phi) is 4.21. The summed E-state index contributed by atoms with van der Waals surface area (Å²) in [6, 6.07) is 7.34. The molecule has 1 heterocycles. The minimum absolute atomic E-state index is 0.298. The van der Waals surface area contributed by atoms with Gasteiger partial charge in [0.15, 0.2) is 0 Å². The number of hydrogen-bond acceptors (Lipinski definition) is 2. The highest BCUT2D eigenvalue weighted by molar-refractivity contribution is 6.16. The van der Waals surface area contributed by atoms with Crippen LogP contribution >= 0.6 is 0 Å². The molecule has 98 valence electrons. The number of rotatable bonds is 1. The molecule has 1 amide bonds. The SMILES string of the molecule is O=C(O)/C1=C/C#Cc2ccccc2C#CCCNC1=O. The van der Waals surface area contributed by atoms with Gasteiger partial charge in [-0.1, -0.05) is 35.8 Å². The first-order chi connectivity index (χ1) is 9.68. The van der Waals surface area contributed by atoms with E-state index in [1.54, 1.807) is 6.07 Å². The van der Waals surface area contributed by atoms with Crippen molar-refractivity contribution in [3.05, 3.63) is 47.0 Å². The van der Waals surface area contributed by atoms with Crippen molar-refractivity contribution < 1.29 is 14.7 Å². The molecule has 1 aromatic rings.